The lowest BCUT2D eigenvalue weighted by molar-refractivity contribution is 0.177. The van der Waals surface area contributed by atoms with E-state index in [1.807, 2.05) is 0 Å². The van der Waals surface area contributed by atoms with E-state index in [1.165, 1.54) is 38.5 Å². The van der Waals surface area contributed by atoms with E-state index in [1.54, 1.807) is 0 Å². The van der Waals surface area contributed by atoms with Gasteiger partial charge in [-0.2, -0.15) is 0 Å². The van der Waals surface area contributed by atoms with Crippen LogP contribution in [0, 0.1) is 11.3 Å². The van der Waals surface area contributed by atoms with E-state index in [4.69, 9.17) is 0 Å². The number of hydrogen-bond donors (Lipinski definition) is 0. The largest absolute Gasteiger partial charge is 0.291 e. The quantitative estimate of drug-likeness (QED) is 0.584. The predicted octanol–water partition coefficient (Wildman–Crippen LogP) is 2.85. The fourth-order valence-electron chi connectivity index (χ4n) is 2.97. The second-order valence-electron chi connectivity index (χ2n) is 4.60. The van der Waals surface area contributed by atoms with Gasteiger partial charge in [0.25, 0.3) is 0 Å². The van der Waals surface area contributed by atoms with Gasteiger partial charge in [0, 0.05) is 5.92 Å². The molecule has 2 rings (SSSR count). The lowest BCUT2D eigenvalue weighted by atomic mass is 9.70. The maximum absolute atomic E-state index is 10.4. The summed E-state index contributed by atoms with van der Waals surface area (Å²) < 4.78 is 0. The average Bonchev–Trinajstić information content (AvgIpc) is 2.55. The van der Waals surface area contributed by atoms with E-state index in [0.29, 0.717) is 5.41 Å². The monoisotopic (exact) mass is 165 g/mol. The third-order valence-corrected chi connectivity index (χ3v) is 3.88. The molecule has 0 aliphatic heterocycles. The van der Waals surface area contributed by atoms with Crippen LogP contribution in [-0.2, 0) is 4.79 Å². The minimum atomic E-state index is 0.274. The third-order valence-electron chi connectivity index (χ3n) is 3.88. The van der Waals surface area contributed by atoms with Crippen LogP contribution in [0.4, 0.5) is 0 Å². The predicted molar refractivity (Wildman–Crippen MR) is 48.6 cm³/mol. The van der Waals surface area contributed by atoms with Gasteiger partial charge in [-0.3, -0.25) is 4.79 Å². The Morgan fingerprint density at radius 3 is 2.08 bits per heavy atom. The first-order valence-electron chi connectivity index (χ1n) is 5.22. The molecule has 0 aromatic heterocycles. The highest BCUT2D eigenvalue weighted by atomic mass is 16.1. The highest BCUT2D eigenvalue weighted by Crippen LogP contribution is 2.49. The van der Waals surface area contributed by atoms with Crippen LogP contribution in [-0.4, -0.2) is 6.29 Å². The van der Waals surface area contributed by atoms with Crippen molar-refractivity contribution in [2.24, 2.45) is 11.3 Å². The molecule has 1 nitrogen and oxygen atoms in total. The van der Waals surface area contributed by atoms with E-state index in [9.17, 15) is 4.79 Å². The summed E-state index contributed by atoms with van der Waals surface area (Å²) >= 11 is 0. The molecular formula is C11H17O. The SMILES string of the molecule is O=[C]C1CCC2(CCCC2)CC1. The summed E-state index contributed by atoms with van der Waals surface area (Å²) in [5.41, 5.74) is 0.674. The second kappa shape index (κ2) is 3.20. The minimum absolute atomic E-state index is 0.274. The van der Waals surface area contributed by atoms with E-state index in [0.717, 1.165) is 12.8 Å². The topological polar surface area (TPSA) is 17.1 Å². The van der Waals surface area contributed by atoms with Crippen molar-refractivity contribution in [1.29, 1.82) is 0 Å². The summed E-state index contributed by atoms with van der Waals surface area (Å²) in [5, 5.41) is 0. The number of carbonyl (C=O) groups excluding carboxylic acids is 1. The molecule has 2 aliphatic rings. The molecule has 0 heterocycles. The normalized spacial score (nSPS) is 29.3. The molecule has 0 atom stereocenters. The minimum Gasteiger partial charge on any atom is -0.291 e. The summed E-state index contributed by atoms with van der Waals surface area (Å²) in [6.45, 7) is 0. The first-order chi connectivity index (χ1) is 5.85. The number of hydrogen-bond acceptors (Lipinski definition) is 1. The van der Waals surface area contributed by atoms with Crippen molar-refractivity contribution in [1.82, 2.24) is 0 Å². The highest BCUT2D eigenvalue weighted by Gasteiger charge is 2.37. The van der Waals surface area contributed by atoms with Gasteiger partial charge in [-0.25, -0.2) is 0 Å². The van der Waals surface area contributed by atoms with Crippen molar-refractivity contribution in [3.05, 3.63) is 0 Å². The van der Waals surface area contributed by atoms with Crippen LogP contribution in [0.5, 0.6) is 0 Å². The molecule has 2 aliphatic carbocycles. The maximum atomic E-state index is 10.4. The summed E-state index contributed by atoms with van der Waals surface area (Å²) in [6.07, 6.45) is 12.7. The van der Waals surface area contributed by atoms with Crippen LogP contribution in [0.1, 0.15) is 51.4 Å². The standard InChI is InChI=1S/C11H17O/c12-9-10-3-7-11(8-4-10)5-1-2-6-11/h10H,1-8H2. The van der Waals surface area contributed by atoms with Crippen molar-refractivity contribution in [3.8, 4) is 0 Å². The molecule has 0 unspecified atom stereocenters. The highest BCUT2D eigenvalue weighted by molar-refractivity contribution is 5.54. The summed E-state index contributed by atoms with van der Waals surface area (Å²) in [6, 6.07) is 0. The molecule has 0 aromatic carbocycles. The molecule has 0 aromatic rings. The summed E-state index contributed by atoms with van der Waals surface area (Å²) in [7, 11) is 0. The Balaban J connectivity index is 1.92. The first kappa shape index (κ1) is 8.28. The van der Waals surface area contributed by atoms with Crippen molar-refractivity contribution in [2.45, 2.75) is 51.4 Å². The van der Waals surface area contributed by atoms with Gasteiger partial charge in [-0.1, -0.05) is 12.8 Å². The van der Waals surface area contributed by atoms with E-state index >= 15 is 0 Å². The summed E-state index contributed by atoms with van der Waals surface area (Å²) in [4.78, 5) is 10.4. The zero-order valence-corrected chi connectivity index (χ0v) is 7.64. The Hall–Kier alpha value is -0.330. The number of rotatable bonds is 1. The van der Waals surface area contributed by atoms with Crippen molar-refractivity contribution < 1.29 is 4.79 Å². The molecule has 0 N–H and O–H groups in total. The molecule has 1 radical (unpaired) electrons. The fourth-order valence-corrected chi connectivity index (χ4v) is 2.97. The molecule has 0 saturated heterocycles. The molecule has 0 amide bonds. The second-order valence-corrected chi connectivity index (χ2v) is 4.60. The Labute approximate surface area is 74.5 Å². The lowest BCUT2D eigenvalue weighted by Crippen LogP contribution is -2.24. The molecule has 67 valence electrons. The molecule has 2 fully saturated rings. The van der Waals surface area contributed by atoms with Crippen LogP contribution in [0.2, 0.25) is 0 Å². The smallest absolute Gasteiger partial charge is 0.201 e. The first-order valence-corrected chi connectivity index (χ1v) is 5.22. The Morgan fingerprint density at radius 2 is 1.58 bits per heavy atom. The van der Waals surface area contributed by atoms with Gasteiger partial charge in [0.05, 0.1) is 0 Å². The van der Waals surface area contributed by atoms with Gasteiger partial charge in [0.15, 0.2) is 0 Å². The fraction of sp³-hybridized carbons (Fsp3) is 0.909. The Kier molecular flexibility index (Phi) is 2.20. The van der Waals surface area contributed by atoms with Gasteiger partial charge in [0.2, 0.25) is 6.29 Å². The van der Waals surface area contributed by atoms with Gasteiger partial charge in [0.1, 0.15) is 0 Å². The van der Waals surface area contributed by atoms with Crippen LogP contribution >= 0.6 is 0 Å². The average molecular weight is 165 g/mol. The van der Waals surface area contributed by atoms with Gasteiger partial charge >= 0.3 is 0 Å². The molecule has 12 heavy (non-hydrogen) atoms. The van der Waals surface area contributed by atoms with Crippen LogP contribution < -0.4 is 0 Å². The van der Waals surface area contributed by atoms with Crippen LogP contribution in [0.3, 0.4) is 0 Å². The molecule has 1 heteroatoms. The summed E-state index contributed by atoms with van der Waals surface area (Å²) in [5.74, 6) is 0.274. The zero-order valence-electron chi connectivity index (χ0n) is 7.64. The van der Waals surface area contributed by atoms with Gasteiger partial charge in [-0.05, 0) is 43.9 Å². The molecular weight excluding hydrogens is 148 g/mol. The van der Waals surface area contributed by atoms with E-state index in [2.05, 4.69) is 6.29 Å². The zero-order chi connectivity index (χ0) is 8.44. The van der Waals surface area contributed by atoms with Crippen LogP contribution in [0.15, 0.2) is 0 Å². The van der Waals surface area contributed by atoms with Crippen molar-refractivity contribution in [2.75, 3.05) is 0 Å². The Bertz CT molecular complexity index is 158. The van der Waals surface area contributed by atoms with E-state index in [-0.39, 0.29) is 5.92 Å². The van der Waals surface area contributed by atoms with E-state index < -0.39 is 0 Å². The molecule has 0 bridgehead atoms. The van der Waals surface area contributed by atoms with Crippen molar-refractivity contribution in [3.63, 3.8) is 0 Å². The third kappa shape index (κ3) is 1.41. The lowest BCUT2D eigenvalue weighted by Gasteiger charge is -2.35. The molecule has 2 saturated carbocycles. The van der Waals surface area contributed by atoms with Gasteiger partial charge < -0.3 is 0 Å². The van der Waals surface area contributed by atoms with Crippen molar-refractivity contribution >= 4 is 6.29 Å². The van der Waals surface area contributed by atoms with Gasteiger partial charge in [-0.15, -0.1) is 0 Å². The molecule has 1 spiro atoms. The Morgan fingerprint density at radius 1 is 1.00 bits per heavy atom. The maximum Gasteiger partial charge on any atom is 0.201 e. The van der Waals surface area contributed by atoms with Crippen LogP contribution in [0.25, 0.3) is 0 Å².